The van der Waals surface area contributed by atoms with Gasteiger partial charge in [0.2, 0.25) is 15.9 Å². The number of nitrogens with one attached hydrogen (secondary N) is 1. The molecule has 2 heterocycles. The maximum atomic E-state index is 12.9. The predicted molar refractivity (Wildman–Crippen MR) is 98.1 cm³/mol. The van der Waals surface area contributed by atoms with Crippen molar-refractivity contribution in [1.82, 2.24) is 19.2 Å². The highest BCUT2D eigenvalue weighted by Gasteiger charge is 2.31. The van der Waals surface area contributed by atoms with Gasteiger partial charge in [-0.05, 0) is 24.3 Å². The highest BCUT2D eigenvalue weighted by molar-refractivity contribution is 7.89. The summed E-state index contributed by atoms with van der Waals surface area (Å²) in [5.41, 5.74) is 1.74. The van der Waals surface area contributed by atoms with Crippen LogP contribution in [0, 0.1) is 0 Å². The fraction of sp³-hybridized carbons (Fsp3) is 0.412. The smallest absolute Gasteiger partial charge is 0.243 e. The molecule has 1 N–H and O–H groups in total. The van der Waals surface area contributed by atoms with E-state index in [4.69, 9.17) is 11.6 Å². The summed E-state index contributed by atoms with van der Waals surface area (Å²) in [5, 5.41) is 3.30. The van der Waals surface area contributed by atoms with Crippen LogP contribution in [0.2, 0.25) is 5.02 Å². The highest BCUT2D eigenvalue weighted by Crippen LogP contribution is 2.26. The molecule has 0 saturated carbocycles. The van der Waals surface area contributed by atoms with Gasteiger partial charge in [0, 0.05) is 31.5 Å². The van der Waals surface area contributed by atoms with Gasteiger partial charge in [0.25, 0.3) is 0 Å². The second-order valence-corrected chi connectivity index (χ2v) is 8.53. The van der Waals surface area contributed by atoms with Crippen molar-refractivity contribution < 1.29 is 13.2 Å². The van der Waals surface area contributed by atoms with Gasteiger partial charge in [-0.2, -0.15) is 4.31 Å². The van der Waals surface area contributed by atoms with E-state index in [1.807, 2.05) is 11.6 Å². The zero-order chi connectivity index (χ0) is 18.9. The average molecular weight is 397 g/mol. The molecule has 1 aliphatic rings. The zero-order valence-corrected chi connectivity index (χ0v) is 16.3. The number of carbonyl (C=O) groups is 1. The van der Waals surface area contributed by atoms with Gasteiger partial charge in [0.15, 0.2) is 0 Å². The number of amides is 1. The first kappa shape index (κ1) is 18.9. The van der Waals surface area contributed by atoms with E-state index in [1.165, 1.54) is 16.4 Å². The van der Waals surface area contributed by atoms with Crippen molar-refractivity contribution in [3.63, 3.8) is 0 Å². The van der Waals surface area contributed by atoms with Crippen molar-refractivity contribution in [2.75, 3.05) is 6.54 Å². The number of nitrogens with zero attached hydrogens (tertiary/aromatic N) is 3. The second-order valence-electron chi connectivity index (χ2n) is 6.15. The second kappa shape index (κ2) is 7.38. The molecule has 0 unspecified atom stereocenters. The van der Waals surface area contributed by atoms with E-state index in [0.717, 1.165) is 17.2 Å². The first-order valence-corrected chi connectivity index (χ1v) is 10.2. The Morgan fingerprint density at radius 1 is 1.31 bits per heavy atom. The van der Waals surface area contributed by atoms with Gasteiger partial charge in [0.05, 0.1) is 29.4 Å². The first-order chi connectivity index (χ1) is 12.3. The van der Waals surface area contributed by atoms with E-state index in [2.05, 4.69) is 10.3 Å². The van der Waals surface area contributed by atoms with Crippen LogP contribution in [0.4, 0.5) is 0 Å². The number of sulfonamides is 1. The summed E-state index contributed by atoms with van der Waals surface area (Å²) >= 11 is 5.85. The van der Waals surface area contributed by atoms with Gasteiger partial charge in [-0.15, -0.1) is 0 Å². The van der Waals surface area contributed by atoms with E-state index in [1.54, 1.807) is 19.1 Å². The minimum absolute atomic E-state index is 0.0436. The third-order valence-electron chi connectivity index (χ3n) is 4.53. The summed E-state index contributed by atoms with van der Waals surface area (Å²) < 4.78 is 29.1. The number of halogens is 1. The number of rotatable bonds is 5. The maximum absolute atomic E-state index is 12.9. The van der Waals surface area contributed by atoms with E-state index >= 15 is 0 Å². The van der Waals surface area contributed by atoms with E-state index in [-0.39, 0.29) is 17.3 Å². The van der Waals surface area contributed by atoms with Crippen LogP contribution in [0.25, 0.3) is 0 Å². The molecule has 0 aliphatic carbocycles. The summed E-state index contributed by atoms with van der Waals surface area (Å²) in [6.07, 6.45) is 0.953. The van der Waals surface area contributed by atoms with Crippen LogP contribution >= 0.6 is 11.6 Å². The lowest BCUT2D eigenvalue weighted by Crippen LogP contribution is -2.36. The van der Waals surface area contributed by atoms with Gasteiger partial charge >= 0.3 is 0 Å². The third-order valence-corrected chi connectivity index (χ3v) is 6.64. The van der Waals surface area contributed by atoms with Crippen LogP contribution in [0.1, 0.15) is 30.6 Å². The molecule has 0 saturated heterocycles. The molecule has 0 bridgehead atoms. The van der Waals surface area contributed by atoms with Crippen LogP contribution < -0.4 is 5.32 Å². The fourth-order valence-electron chi connectivity index (χ4n) is 2.94. The number of hydrogen-bond donors (Lipinski definition) is 1. The quantitative estimate of drug-likeness (QED) is 0.835. The number of carbonyl (C=O) groups excluding carboxylic acids is 1. The molecule has 9 heteroatoms. The Labute approximate surface area is 158 Å². The number of fused-ring (bicyclic) bond motifs is 1. The van der Waals surface area contributed by atoms with Crippen molar-refractivity contribution in [3.05, 3.63) is 46.5 Å². The van der Waals surface area contributed by atoms with Gasteiger partial charge < -0.3 is 9.88 Å². The number of imidazole rings is 1. The lowest BCUT2D eigenvalue weighted by Gasteiger charge is -2.26. The molecule has 0 spiro atoms. The van der Waals surface area contributed by atoms with Crippen LogP contribution in [0.3, 0.4) is 0 Å². The minimum Gasteiger partial charge on any atom is -0.349 e. The molecule has 1 amide bonds. The Hall–Kier alpha value is -1.90. The SMILES string of the molecule is CCC(=O)NCc1nc2c(n1C)CN(S(=O)(=O)c1ccc(Cl)cc1)CC2. The fourth-order valence-corrected chi connectivity index (χ4v) is 4.47. The summed E-state index contributed by atoms with van der Waals surface area (Å²) in [6, 6.07) is 6.18. The van der Waals surface area contributed by atoms with Gasteiger partial charge in [-0.1, -0.05) is 18.5 Å². The molecule has 3 rings (SSSR count). The van der Waals surface area contributed by atoms with Gasteiger partial charge in [-0.25, -0.2) is 13.4 Å². The topological polar surface area (TPSA) is 84.3 Å². The average Bonchev–Trinajstić information content (AvgIpc) is 2.95. The van der Waals surface area contributed by atoms with Crippen molar-refractivity contribution in [2.24, 2.45) is 7.05 Å². The molecule has 1 aromatic heterocycles. The third kappa shape index (κ3) is 3.62. The molecule has 26 heavy (non-hydrogen) atoms. The molecular formula is C17H21ClN4O3S. The lowest BCUT2D eigenvalue weighted by atomic mass is 10.2. The number of benzene rings is 1. The Morgan fingerprint density at radius 2 is 2.00 bits per heavy atom. The predicted octanol–water partition coefficient (Wildman–Crippen LogP) is 1.85. The Bertz CT molecular complexity index is 922. The molecule has 0 fully saturated rings. The largest absolute Gasteiger partial charge is 0.349 e. The first-order valence-electron chi connectivity index (χ1n) is 8.38. The zero-order valence-electron chi connectivity index (χ0n) is 14.7. The van der Waals surface area contributed by atoms with Crippen LogP contribution in [-0.4, -0.2) is 34.7 Å². The molecule has 1 aliphatic heterocycles. The van der Waals surface area contributed by atoms with E-state index in [9.17, 15) is 13.2 Å². The van der Waals surface area contributed by atoms with Crippen molar-refractivity contribution in [3.8, 4) is 0 Å². The molecule has 1 aromatic carbocycles. The van der Waals surface area contributed by atoms with Gasteiger partial charge in [-0.3, -0.25) is 4.79 Å². The summed E-state index contributed by atoms with van der Waals surface area (Å²) in [7, 11) is -1.75. The molecule has 2 aromatic rings. The number of hydrogen-bond acceptors (Lipinski definition) is 4. The normalized spacial score (nSPS) is 14.9. The molecular weight excluding hydrogens is 376 g/mol. The molecule has 7 nitrogen and oxygen atoms in total. The van der Waals surface area contributed by atoms with Crippen molar-refractivity contribution in [2.45, 2.75) is 37.8 Å². The highest BCUT2D eigenvalue weighted by atomic mass is 35.5. The van der Waals surface area contributed by atoms with E-state index in [0.29, 0.717) is 31.0 Å². The van der Waals surface area contributed by atoms with Crippen molar-refractivity contribution >= 4 is 27.5 Å². The Balaban J connectivity index is 1.82. The van der Waals surface area contributed by atoms with E-state index < -0.39 is 10.0 Å². The lowest BCUT2D eigenvalue weighted by molar-refractivity contribution is -0.120. The minimum atomic E-state index is -3.59. The van der Waals surface area contributed by atoms with Crippen LogP contribution in [0.15, 0.2) is 29.2 Å². The van der Waals surface area contributed by atoms with Crippen molar-refractivity contribution in [1.29, 1.82) is 0 Å². The van der Waals surface area contributed by atoms with Crippen LogP contribution in [0.5, 0.6) is 0 Å². The molecule has 0 radical (unpaired) electrons. The summed E-state index contributed by atoms with van der Waals surface area (Å²) in [5.74, 6) is 0.681. The maximum Gasteiger partial charge on any atom is 0.243 e. The monoisotopic (exact) mass is 396 g/mol. The summed E-state index contributed by atoms with van der Waals surface area (Å²) in [6.45, 7) is 2.75. The van der Waals surface area contributed by atoms with Gasteiger partial charge in [0.1, 0.15) is 5.82 Å². The number of aromatic nitrogens is 2. The Kier molecular flexibility index (Phi) is 5.36. The van der Waals surface area contributed by atoms with Crippen LogP contribution in [-0.2, 0) is 41.4 Å². The molecule has 140 valence electrons. The molecule has 0 atom stereocenters. The Morgan fingerprint density at radius 3 is 2.65 bits per heavy atom. The standard InChI is InChI=1S/C17H21ClN4O3S/c1-3-17(23)19-10-16-20-14-8-9-22(11-15(14)21(16)2)26(24,25)13-6-4-12(18)5-7-13/h4-7H,3,8-11H2,1-2H3,(H,19,23). The summed E-state index contributed by atoms with van der Waals surface area (Å²) in [4.78, 5) is 16.3.